The van der Waals surface area contributed by atoms with Crippen molar-refractivity contribution in [2.75, 3.05) is 0 Å². The summed E-state index contributed by atoms with van der Waals surface area (Å²) in [5.74, 6) is -1.01. The Kier molecular flexibility index (Phi) is 3.74. The minimum Gasteiger partial charge on any atom is -0.480 e. The first-order valence-electron chi connectivity index (χ1n) is 5.68. The lowest BCUT2D eigenvalue weighted by Crippen LogP contribution is -2.32. The van der Waals surface area contributed by atoms with Crippen molar-refractivity contribution in [3.8, 4) is 0 Å². The van der Waals surface area contributed by atoms with E-state index in [0.29, 0.717) is 5.69 Å². The van der Waals surface area contributed by atoms with Gasteiger partial charge in [0.15, 0.2) is 0 Å². The van der Waals surface area contributed by atoms with Gasteiger partial charge in [0.1, 0.15) is 6.04 Å². The zero-order valence-electron chi connectivity index (χ0n) is 9.86. The number of carbonyl (C=O) groups is 1. The van der Waals surface area contributed by atoms with E-state index < -0.39 is 12.0 Å². The zero-order valence-corrected chi connectivity index (χ0v) is 9.86. The molecule has 0 fully saturated rings. The molecule has 0 saturated heterocycles. The molecule has 2 aromatic rings. The van der Waals surface area contributed by atoms with Crippen LogP contribution in [-0.4, -0.2) is 26.7 Å². The highest BCUT2D eigenvalue weighted by Crippen LogP contribution is 2.05. The van der Waals surface area contributed by atoms with Crippen LogP contribution in [0.25, 0.3) is 0 Å². The fourth-order valence-electron chi connectivity index (χ4n) is 1.71. The van der Waals surface area contributed by atoms with Crippen LogP contribution >= 0.6 is 0 Å². The molecule has 0 aliphatic rings. The predicted molar refractivity (Wildman–Crippen MR) is 67.1 cm³/mol. The van der Waals surface area contributed by atoms with Gasteiger partial charge in [0, 0.05) is 19.2 Å². The topological polar surface area (TPSA) is 81.1 Å². The number of hydrogen-bond donors (Lipinski definition) is 2. The highest BCUT2D eigenvalue weighted by atomic mass is 16.4. The fraction of sp³-hybridized carbons (Fsp3) is 0.231. The van der Waals surface area contributed by atoms with Crippen LogP contribution in [0.15, 0.2) is 42.9 Å². The summed E-state index contributed by atoms with van der Waals surface area (Å²) >= 11 is 0. The van der Waals surface area contributed by atoms with Gasteiger partial charge in [0.25, 0.3) is 0 Å². The molecule has 5 heteroatoms. The minimum absolute atomic E-state index is 0.247. The SMILES string of the molecule is N[C@@H](Cc1cn(Cc2ccccc2)cn1)C(=O)O. The van der Waals surface area contributed by atoms with Crippen LogP contribution in [0, 0.1) is 0 Å². The highest BCUT2D eigenvalue weighted by molar-refractivity contribution is 5.73. The van der Waals surface area contributed by atoms with Crippen molar-refractivity contribution >= 4 is 5.97 Å². The van der Waals surface area contributed by atoms with Crippen LogP contribution in [0.4, 0.5) is 0 Å². The van der Waals surface area contributed by atoms with Crippen LogP contribution in [0.3, 0.4) is 0 Å². The van der Waals surface area contributed by atoms with E-state index in [4.69, 9.17) is 10.8 Å². The number of hydrogen-bond acceptors (Lipinski definition) is 3. The molecule has 0 aliphatic carbocycles. The summed E-state index contributed by atoms with van der Waals surface area (Å²) < 4.78 is 1.92. The van der Waals surface area contributed by atoms with Gasteiger partial charge >= 0.3 is 5.97 Å². The van der Waals surface area contributed by atoms with Gasteiger partial charge in [-0.05, 0) is 5.56 Å². The van der Waals surface area contributed by atoms with Crippen LogP contribution in [0.2, 0.25) is 0 Å². The van der Waals surface area contributed by atoms with Crippen molar-refractivity contribution in [2.24, 2.45) is 5.73 Å². The Hall–Kier alpha value is -2.14. The van der Waals surface area contributed by atoms with Crippen LogP contribution in [0.1, 0.15) is 11.3 Å². The summed E-state index contributed by atoms with van der Waals surface area (Å²) in [6.07, 6.45) is 3.77. The Labute approximate surface area is 105 Å². The van der Waals surface area contributed by atoms with Gasteiger partial charge in [0.05, 0.1) is 12.0 Å². The average Bonchev–Trinajstić information content (AvgIpc) is 2.77. The number of carboxylic acid groups (broad SMARTS) is 1. The monoisotopic (exact) mass is 245 g/mol. The Balaban J connectivity index is 2.00. The Bertz CT molecular complexity index is 522. The van der Waals surface area contributed by atoms with Gasteiger partial charge in [-0.2, -0.15) is 0 Å². The quantitative estimate of drug-likeness (QED) is 0.819. The third-order valence-corrected chi connectivity index (χ3v) is 2.64. The first-order chi connectivity index (χ1) is 8.65. The van der Waals surface area contributed by atoms with E-state index in [1.807, 2.05) is 41.1 Å². The van der Waals surface area contributed by atoms with Crippen LogP contribution < -0.4 is 5.73 Å². The molecule has 2 rings (SSSR count). The first-order valence-corrected chi connectivity index (χ1v) is 5.68. The molecule has 0 radical (unpaired) electrons. The number of rotatable bonds is 5. The van der Waals surface area contributed by atoms with E-state index in [9.17, 15) is 4.79 Å². The van der Waals surface area contributed by atoms with Crippen molar-refractivity contribution in [3.63, 3.8) is 0 Å². The number of benzene rings is 1. The molecule has 1 aromatic carbocycles. The molecule has 0 spiro atoms. The standard InChI is InChI=1S/C13H15N3O2/c14-12(13(17)18)6-11-8-16(9-15-11)7-10-4-2-1-3-5-10/h1-5,8-9,12H,6-7,14H2,(H,17,18)/t12-/m0/s1. The lowest BCUT2D eigenvalue weighted by Gasteiger charge is -2.03. The summed E-state index contributed by atoms with van der Waals surface area (Å²) in [6, 6.07) is 9.09. The first kappa shape index (κ1) is 12.3. The molecular formula is C13H15N3O2. The fourth-order valence-corrected chi connectivity index (χ4v) is 1.71. The van der Waals surface area contributed by atoms with E-state index in [2.05, 4.69) is 4.98 Å². The summed E-state index contributed by atoms with van der Waals surface area (Å²) in [4.78, 5) is 14.8. The van der Waals surface area contributed by atoms with E-state index in [1.54, 1.807) is 6.33 Å². The second-order valence-corrected chi connectivity index (χ2v) is 4.17. The largest absolute Gasteiger partial charge is 0.480 e. The molecule has 18 heavy (non-hydrogen) atoms. The van der Waals surface area contributed by atoms with E-state index in [-0.39, 0.29) is 6.42 Å². The maximum atomic E-state index is 10.6. The smallest absolute Gasteiger partial charge is 0.320 e. The molecule has 0 bridgehead atoms. The maximum Gasteiger partial charge on any atom is 0.320 e. The molecular weight excluding hydrogens is 230 g/mol. The van der Waals surface area contributed by atoms with E-state index in [1.165, 1.54) is 5.56 Å². The lowest BCUT2D eigenvalue weighted by atomic mass is 10.2. The number of aliphatic carboxylic acids is 1. The summed E-state index contributed by atoms with van der Waals surface area (Å²) in [5, 5.41) is 8.73. The Morgan fingerprint density at radius 1 is 1.39 bits per heavy atom. The second kappa shape index (κ2) is 5.46. The molecule has 94 valence electrons. The zero-order chi connectivity index (χ0) is 13.0. The van der Waals surface area contributed by atoms with Gasteiger partial charge < -0.3 is 15.4 Å². The molecule has 0 unspecified atom stereocenters. The summed E-state index contributed by atoms with van der Waals surface area (Å²) in [5.41, 5.74) is 7.33. The van der Waals surface area contributed by atoms with Crippen LogP contribution in [0.5, 0.6) is 0 Å². The molecule has 3 N–H and O–H groups in total. The van der Waals surface area contributed by atoms with Crippen molar-refractivity contribution < 1.29 is 9.90 Å². The third-order valence-electron chi connectivity index (χ3n) is 2.64. The van der Waals surface area contributed by atoms with Crippen molar-refractivity contribution in [2.45, 2.75) is 19.0 Å². The molecule has 0 aliphatic heterocycles. The number of nitrogens with zero attached hydrogens (tertiary/aromatic N) is 2. The lowest BCUT2D eigenvalue weighted by molar-refractivity contribution is -0.138. The number of carboxylic acids is 1. The van der Waals surface area contributed by atoms with E-state index >= 15 is 0 Å². The van der Waals surface area contributed by atoms with Gasteiger partial charge in [-0.3, -0.25) is 4.79 Å². The van der Waals surface area contributed by atoms with Gasteiger partial charge in [-0.1, -0.05) is 30.3 Å². The van der Waals surface area contributed by atoms with E-state index in [0.717, 1.165) is 6.54 Å². The molecule has 0 amide bonds. The molecule has 1 heterocycles. The summed E-state index contributed by atoms with van der Waals surface area (Å²) in [7, 11) is 0. The van der Waals surface area contributed by atoms with Crippen LogP contribution in [-0.2, 0) is 17.8 Å². The molecule has 1 aromatic heterocycles. The number of nitrogens with two attached hydrogens (primary N) is 1. The molecule has 0 saturated carbocycles. The van der Waals surface area contributed by atoms with Gasteiger partial charge in [-0.15, -0.1) is 0 Å². The Morgan fingerprint density at radius 2 is 2.11 bits per heavy atom. The normalized spacial score (nSPS) is 12.3. The van der Waals surface area contributed by atoms with Crippen molar-refractivity contribution in [1.29, 1.82) is 0 Å². The minimum atomic E-state index is -1.01. The van der Waals surface area contributed by atoms with Gasteiger partial charge in [0.2, 0.25) is 0 Å². The maximum absolute atomic E-state index is 10.6. The summed E-state index contributed by atoms with van der Waals surface area (Å²) in [6.45, 7) is 0.718. The average molecular weight is 245 g/mol. The van der Waals surface area contributed by atoms with Gasteiger partial charge in [-0.25, -0.2) is 4.98 Å². The predicted octanol–water partition coefficient (Wildman–Crippen LogP) is 0.886. The highest BCUT2D eigenvalue weighted by Gasteiger charge is 2.13. The molecule has 5 nitrogen and oxygen atoms in total. The second-order valence-electron chi connectivity index (χ2n) is 4.17. The number of aromatic nitrogens is 2. The number of imidazole rings is 1. The third kappa shape index (κ3) is 3.18. The molecule has 1 atom stereocenters. The van der Waals surface area contributed by atoms with Crippen molar-refractivity contribution in [3.05, 3.63) is 54.1 Å². The van der Waals surface area contributed by atoms with Crippen molar-refractivity contribution in [1.82, 2.24) is 9.55 Å². The Morgan fingerprint density at radius 3 is 2.78 bits per heavy atom.